The topological polar surface area (TPSA) is 49.7 Å². The van der Waals surface area contributed by atoms with Crippen LogP contribution in [-0.2, 0) is 4.79 Å². The summed E-state index contributed by atoms with van der Waals surface area (Å²) < 4.78 is 0. The maximum Gasteiger partial charge on any atom is 0.312 e. The van der Waals surface area contributed by atoms with Gasteiger partial charge in [0.25, 0.3) is 0 Å². The van der Waals surface area contributed by atoms with E-state index in [0.29, 0.717) is 6.54 Å². The molecule has 1 aromatic carbocycles. The number of para-hydroxylation sites is 1. The Bertz CT molecular complexity index is 450. The van der Waals surface area contributed by atoms with Crippen LogP contribution in [-0.4, -0.2) is 17.6 Å². The van der Waals surface area contributed by atoms with E-state index < -0.39 is 11.9 Å². The molecule has 0 saturated heterocycles. The van der Waals surface area contributed by atoms with Gasteiger partial charge in [-0.25, -0.2) is 0 Å². The number of hydrogen-bond acceptors (Lipinski definition) is 2. The first-order chi connectivity index (χ1) is 6.27. The highest BCUT2D eigenvalue weighted by molar-refractivity contribution is 5.77. The zero-order valence-electron chi connectivity index (χ0n) is 6.97. The second kappa shape index (κ2) is 3.01. The van der Waals surface area contributed by atoms with Crippen molar-refractivity contribution < 1.29 is 9.90 Å². The van der Waals surface area contributed by atoms with E-state index in [9.17, 15) is 4.79 Å². The number of aliphatic carboxylic acids is 1. The van der Waals surface area contributed by atoms with Crippen LogP contribution in [0.4, 0.5) is 0 Å². The van der Waals surface area contributed by atoms with Gasteiger partial charge >= 0.3 is 5.97 Å². The molecule has 1 unspecified atom stereocenters. The van der Waals surface area contributed by atoms with Crippen molar-refractivity contribution in [1.82, 2.24) is 0 Å². The molecule has 0 saturated carbocycles. The number of hydrogen-bond donors (Lipinski definition) is 1. The van der Waals surface area contributed by atoms with Crippen molar-refractivity contribution >= 4 is 12.0 Å². The van der Waals surface area contributed by atoms with Crippen LogP contribution < -0.4 is 10.6 Å². The fourth-order valence-corrected chi connectivity index (χ4v) is 1.39. The van der Waals surface area contributed by atoms with E-state index in [1.54, 1.807) is 6.08 Å². The molecular weight excluding hydrogens is 166 g/mol. The Morgan fingerprint density at radius 3 is 3.00 bits per heavy atom. The second-order valence-electron chi connectivity index (χ2n) is 3.01. The van der Waals surface area contributed by atoms with Crippen molar-refractivity contribution in [2.75, 3.05) is 6.54 Å². The van der Waals surface area contributed by atoms with Crippen LogP contribution in [0, 0.1) is 5.92 Å². The first kappa shape index (κ1) is 7.98. The lowest BCUT2D eigenvalue weighted by Gasteiger charge is -2.07. The molecule has 0 amide bonds. The van der Waals surface area contributed by atoms with Gasteiger partial charge in [-0.05, 0) is 11.3 Å². The van der Waals surface area contributed by atoms with E-state index in [4.69, 9.17) is 5.11 Å². The molecule has 13 heavy (non-hydrogen) atoms. The largest absolute Gasteiger partial charge is 0.481 e. The number of carbonyl (C=O) groups is 1. The highest BCUT2D eigenvalue weighted by Crippen LogP contribution is 2.00. The standard InChI is InChI=1S/C10H9NO2/c12-10(13)8-5-7-3-1-2-4-9(7)11-6-8/h1-5,8H,6H2,(H,12,13). The molecule has 0 radical (unpaired) electrons. The van der Waals surface area contributed by atoms with Crippen molar-refractivity contribution in [1.29, 1.82) is 0 Å². The molecule has 0 aliphatic carbocycles. The van der Waals surface area contributed by atoms with Crippen LogP contribution in [0.1, 0.15) is 0 Å². The Hall–Kier alpha value is -1.64. The van der Waals surface area contributed by atoms with E-state index in [-0.39, 0.29) is 0 Å². The SMILES string of the molecule is O=C(O)C1C=c2ccccc2=NC1. The lowest BCUT2D eigenvalue weighted by atomic mass is 10.1. The van der Waals surface area contributed by atoms with Gasteiger partial charge < -0.3 is 5.11 Å². The molecule has 0 fully saturated rings. The van der Waals surface area contributed by atoms with Crippen LogP contribution in [0.2, 0.25) is 0 Å². The molecule has 1 aromatic rings. The number of fused-ring (bicyclic) bond motifs is 1. The highest BCUT2D eigenvalue weighted by Gasteiger charge is 2.15. The molecule has 3 nitrogen and oxygen atoms in total. The number of rotatable bonds is 1. The van der Waals surface area contributed by atoms with Gasteiger partial charge in [-0.2, -0.15) is 0 Å². The van der Waals surface area contributed by atoms with Crippen LogP contribution in [0.5, 0.6) is 0 Å². The molecule has 2 rings (SSSR count). The van der Waals surface area contributed by atoms with Crippen molar-refractivity contribution in [2.24, 2.45) is 10.9 Å². The zero-order valence-corrected chi connectivity index (χ0v) is 6.97. The lowest BCUT2D eigenvalue weighted by molar-refractivity contribution is -0.139. The summed E-state index contributed by atoms with van der Waals surface area (Å²) in [6, 6.07) is 7.56. The zero-order chi connectivity index (χ0) is 9.26. The molecular formula is C10H9NO2. The normalized spacial score (nSPS) is 19.5. The predicted molar refractivity (Wildman–Crippen MR) is 47.7 cm³/mol. The quantitative estimate of drug-likeness (QED) is 0.642. The van der Waals surface area contributed by atoms with Crippen molar-refractivity contribution in [3.05, 3.63) is 34.8 Å². The fourth-order valence-electron chi connectivity index (χ4n) is 1.39. The minimum Gasteiger partial charge on any atom is -0.481 e. The number of nitrogens with zero attached hydrogens (tertiary/aromatic N) is 1. The fraction of sp³-hybridized carbons (Fsp3) is 0.200. The Balaban J connectivity index is 2.55. The molecule has 3 heteroatoms. The molecule has 1 N–H and O–H groups in total. The summed E-state index contributed by atoms with van der Waals surface area (Å²) in [6.07, 6.45) is 1.75. The van der Waals surface area contributed by atoms with E-state index >= 15 is 0 Å². The smallest absolute Gasteiger partial charge is 0.312 e. The van der Waals surface area contributed by atoms with Gasteiger partial charge in [0.1, 0.15) is 0 Å². The van der Waals surface area contributed by atoms with E-state index in [1.807, 2.05) is 24.3 Å². The monoisotopic (exact) mass is 175 g/mol. The van der Waals surface area contributed by atoms with Gasteiger partial charge in [-0.3, -0.25) is 9.79 Å². The van der Waals surface area contributed by atoms with Crippen molar-refractivity contribution in [3.8, 4) is 0 Å². The summed E-state index contributed by atoms with van der Waals surface area (Å²) >= 11 is 0. The molecule has 1 heterocycles. The van der Waals surface area contributed by atoms with Gasteiger partial charge in [-0.1, -0.05) is 24.3 Å². The Morgan fingerprint density at radius 2 is 2.23 bits per heavy atom. The molecule has 0 spiro atoms. The molecule has 1 atom stereocenters. The van der Waals surface area contributed by atoms with Crippen LogP contribution in [0.15, 0.2) is 29.3 Å². The highest BCUT2D eigenvalue weighted by atomic mass is 16.4. The number of carboxylic acid groups (broad SMARTS) is 1. The van der Waals surface area contributed by atoms with Crippen molar-refractivity contribution in [2.45, 2.75) is 0 Å². The number of benzene rings is 1. The third-order valence-corrected chi connectivity index (χ3v) is 2.09. The predicted octanol–water partition coefficient (Wildman–Crippen LogP) is -0.199. The molecule has 1 aliphatic heterocycles. The average molecular weight is 175 g/mol. The summed E-state index contributed by atoms with van der Waals surface area (Å²) in [6.45, 7) is 0.354. The summed E-state index contributed by atoms with van der Waals surface area (Å²) in [5.74, 6) is -1.27. The maximum atomic E-state index is 10.7. The van der Waals surface area contributed by atoms with Gasteiger partial charge in [-0.15, -0.1) is 0 Å². The molecule has 0 bridgehead atoms. The molecule has 0 aromatic heterocycles. The summed E-state index contributed by atoms with van der Waals surface area (Å²) in [7, 11) is 0. The van der Waals surface area contributed by atoms with E-state index in [1.165, 1.54) is 0 Å². The van der Waals surface area contributed by atoms with Crippen molar-refractivity contribution in [3.63, 3.8) is 0 Å². The maximum absolute atomic E-state index is 10.7. The van der Waals surface area contributed by atoms with E-state index in [0.717, 1.165) is 10.6 Å². The van der Waals surface area contributed by atoms with E-state index in [2.05, 4.69) is 4.99 Å². The first-order valence-corrected chi connectivity index (χ1v) is 4.11. The minimum absolute atomic E-state index is 0.354. The Kier molecular flexibility index (Phi) is 1.85. The summed E-state index contributed by atoms with van der Waals surface area (Å²) in [5, 5.41) is 10.6. The molecule has 1 aliphatic rings. The summed E-state index contributed by atoms with van der Waals surface area (Å²) in [5.41, 5.74) is 0. The van der Waals surface area contributed by atoms with Gasteiger partial charge in [0.15, 0.2) is 0 Å². The molecule has 66 valence electrons. The first-order valence-electron chi connectivity index (χ1n) is 4.11. The second-order valence-corrected chi connectivity index (χ2v) is 3.01. The van der Waals surface area contributed by atoms with Gasteiger partial charge in [0.2, 0.25) is 0 Å². The van der Waals surface area contributed by atoms with Gasteiger partial charge in [0.05, 0.1) is 17.8 Å². The number of carboxylic acids is 1. The average Bonchev–Trinajstić information content (AvgIpc) is 2.17. The van der Waals surface area contributed by atoms with Crippen LogP contribution >= 0.6 is 0 Å². The minimum atomic E-state index is -0.807. The summed E-state index contributed by atoms with van der Waals surface area (Å²) in [4.78, 5) is 14.9. The van der Waals surface area contributed by atoms with Crippen LogP contribution in [0.3, 0.4) is 0 Å². The third kappa shape index (κ3) is 1.45. The van der Waals surface area contributed by atoms with Gasteiger partial charge in [0, 0.05) is 0 Å². The Morgan fingerprint density at radius 1 is 1.46 bits per heavy atom. The Labute approximate surface area is 75.0 Å². The third-order valence-electron chi connectivity index (χ3n) is 2.09. The van der Waals surface area contributed by atoms with Crippen LogP contribution in [0.25, 0.3) is 6.08 Å². The lowest BCUT2D eigenvalue weighted by Crippen LogP contribution is -2.33.